The molecule has 1 saturated heterocycles. The quantitative estimate of drug-likeness (QED) is 0.856. The number of halogens is 1. The van der Waals surface area contributed by atoms with Crippen LogP contribution in [-0.2, 0) is 0 Å². The van der Waals surface area contributed by atoms with Crippen LogP contribution in [0.2, 0.25) is 5.28 Å². The summed E-state index contributed by atoms with van der Waals surface area (Å²) >= 11 is 5.86. The van der Waals surface area contributed by atoms with E-state index in [0.29, 0.717) is 10.7 Å². The molecule has 0 spiro atoms. The normalized spacial score (nSPS) is 19.8. The molecule has 1 N–H and O–H groups in total. The van der Waals surface area contributed by atoms with E-state index in [0.717, 1.165) is 18.1 Å². The minimum Gasteiger partial charge on any atom is -0.369 e. The predicted octanol–water partition coefficient (Wildman–Crippen LogP) is 2.58. The monoisotopic (exact) mass is 268 g/mol. The molecule has 0 saturated carbocycles. The first-order valence-corrected chi connectivity index (χ1v) is 6.78. The number of aromatic nitrogens is 2. The number of hydrogen-bond acceptors (Lipinski definition) is 4. The summed E-state index contributed by atoms with van der Waals surface area (Å²) in [6.45, 7) is 7.54. The van der Waals surface area contributed by atoms with Crippen LogP contribution in [0.5, 0.6) is 0 Å². The van der Waals surface area contributed by atoms with E-state index < -0.39 is 0 Å². The molecule has 2 heterocycles. The fourth-order valence-corrected chi connectivity index (χ4v) is 2.49. The Bertz CT molecular complexity index is 393. The maximum atomic E-state index is 5.86. The molecule has 0 bridgehead atoms. The van der Waals surface area contributed by atoms with Crippen molar-refractivity contribution in [3.8, 4) is 0 Å². The lowest BCUT2D eigenvalue weighted by Crippen LogP contribution is -2.40. The van der Waals surface area contributed by atoms with Gasteiger partial charge in [-0.05, 0) is 56.9 Å². The number of piperidine rings is 1. The van der Waals surface area contributed by atoms with E-state index in [2.05, 4.69) is 34.2 Å². The summed E-state index contributed by atoms with van der Waals surface area (Å²) in [6.07, 6.45) is 2.43. The summed E-state index contributed by atoms with van der Waals surface area (Å²) < 4.78 is 0. The molecule has 4 nitrogen and oxygen atoms in total. The van der Waals surface area contributed by atoms with E-state index in [4.69, 9.17) is 11.6 Å². The molecule has 0 unspecified atom stereocenters. The van der Waals surface area contributed by atoms with Crippen molar-refractivity contribution < 1.29 is 0 Å². The third-order valence-electron chi connectivity index (χ3n) is 3.72. The van der Waals surface area contributed by atoms with Gasteiger partial charge in [-0.3, -0.25) is 0 Å². The molecule has 1 fully saturated rings. The fraction of sp³-hybridized carbons (Fsp3) is 0.692. The first kappa shape index (κ1) is 13.6. The van der Waals surface area contributed by atoms with Crippen LogP contribution in [-0.4, -0.2) is 41.5 Å². The zero-order valence-electron chi connectivity index (χ0n) is 11.3. The maximum Gasteiger partial charge on any atom is 0.224 e. The summed E-state index contributed by atoms with van der Waals surface area (Å²) in [6, 6.07) is 1.93. The molecule has 2 rings (SSSR count). The summed E-state index contributed by atoms with van der Waals surface area (Å²) in [5.74, 6) is 0.827. The van der Waals surface area contributed by atoms with E-state index in [1.807, 2.05) is 13.0 Å². The van der Waals surface area contributed by atoms with Crippen LogP contribution in [0.15, 0.2) is 6.07 Å². The Hall–Kier alpha value is -0.870. The highest BCUT2D eigenvalue weighted by Gasteiger charge is 2.28. The number of aryl methyl sites for hydroxylation is 1. The van der Waals surface area contributed by atoms with Gasteiger partial charge in [0.25, 0.3) is 0 Å². The molecular weight excluding hydrogens is 248 g/mol. The maximum absolute atomic E-state index is 5.86. The highest BCUT2D eigenvalue weighted by molar-refractivity contribution is 6.28. The smallest absolute Gasteiger partial charge is 0.224 e. The molecule has 1 aromatic heterocycles. The van der Waals surface area contributed by atoms with Crippen LogP contribution in [0, 0.1) is 12.3 Å². The molecule has 1 aromatic rings. The summed E-state index contributed by atoms with van der Waals surface area (Å²) in [5.41, 5.74) is 1.24. The van der Waals surface area contributed by atoms with Crippen molar-refractivity contribution in [2.45, 2.75) is 26.7 Å². The lowest BCUT2D eigenvalue weighted by molar-refractivity contribution is 0.150. The van der Waals surface area contributed by atoms with Crippen molar-refractivity contribution >= 4 is 17.4 Å². The van der Waals surface area contributed by atoms with Crippen molar-refractivity contribution in [2.24, 2.45) is 5.41 Å². The molecule has 18 heavy (non-hydrogen) atoms. The number of likely N-dealkylation sites (tertiary alicyclic amines) is 1. The Morgan fingerprint density at radius 2 is 2.06 bits per heavy atom. The van der Waals surface area contributed by atoms with E-state index in [1.54, 1.807) is 0 Å². The highest BCUT2D eigenvalue weighted by atomic mass is 35.5. The Balaban J connectivity index is 1.94. The highest BCUT2D eigenvalue weighted by Crippen LogP contribution is 2.30. The van der Waals surface area contributed by atoms with Crippen LogP contribution in [0.1, 0.15) is 25.5 Å². The molecule has 1 aliphatic heterocycles. The van der Waals surface area contributed by atoms with Crippen molar-refractivity contribution in [1.82, 2.24) is 14.9 Å². The first-order chi connectivity index (χ1) is 8.47. The number of nitrogens with zero attached hydrogens (tertiary/aromatic N) is 3. The standard InChI is InChI=1S/C13H21ClN4/c1-10-8-11(17-12(14)16-10)15-9-13(2)4-6-18(3)7-5-13/h8H,4-7,9H2,1-3H3,(H,15,16,17). The van der Waals surface area contributed by atoms with Gasteiger partial charge in [-0.1, -0.05) is 6.92 Å². The Morgan fingerprint density at radius 3 is 2.67 bits per heavy atom. The first-order valence-electron chi connectivity index (χ1n) is 6.40. The number of hydrogen-bond donors (Lipinski definition) is 1. The van der Waals surface area contributed by atoms with E-state index in [9.17, 15) is 0 Å². The van der Waals surface area contributed by atoms with Crippen LogP contribution >= 0.6 is 11.6 Å². The van der Waals surface area contributed by atoms with E-state index in [1.165, 1.54) is 25.9 Å². The van der Waals surface area contributed by atoms with Gasteiger partial charge in [0.2, 0.25) is 5.28 Å². The van der Waals surface area contributed by atoms with Gasteiger partial charge in [0.1, 0.15) is 5.82 Å². The SMILES string of the molecule is Cc1cc(NCC2(C)CCN(C)CC2)nc(Cl)n1. The third-order valence-corrected chi connectivity index (χ3v) is 3.89. The molecule has 0 atom stereocenters. The molecule has 0 amide bonds. The average molecular weight is 269 g/mol. The van der Waals surface area contributed by atoms with Crippen molar-refractivity contribution in [3.63, 3.8) is 0 Å². The Labute approximate surface area is 114 Å². The van der Waals surface area contributed by atoms with Crippen molar-refractivity contribution in [2.75, 3.05) is 32.0 Å². The largest absolute Gasteiger partial charge is 0.369 e. The second kappa shape index (κ2) is 5.41. The molecular formula is C13H21ClN4. The Morgan fingerprint density at radius 1 is 1.39 bits per heavy atom. The van der Waals surface area contributed by atoms with Gasteiger partial charge >= 0.3 is 0 Å². The van der Waals surface area contributed by atoms with Gasteiger partial charge in [-0.15, -0.1) is 0 Å². The van der Waals surface area contributed by atoms with Crippen LogP contribution in [0.25, 0.3) is 0 Å². The van der Waals surface area contributed by atoms with E-state index >= 15 is 0 Å². The molecule has 0 aliphatic carbocycles. The van der Waals surface area contributed by atoms with Crippen LogP contribution < -0.4 is 5.32 Å². The summed E-state index contributed by atoms with van der Waals surface area (Å²) in [7, 11) is 2.18. The van der Waals surface area contributed by atoms with Crippen LogP contribution in [0.3, 0.4) is 0 Å². The molecule has 5 heteroatoms. The zero-order chi connectivity index (χ0) is 13.2. The van der Waals surface area contributed by atoms with E-state index in [-0.39, 0.29) is 0 Å². The third kappa shape index (κ3) is 3.56. The minimum atomic E-state index is 0.311. The van der Waals surface area contributed by atoms with Gasteiger partial charge in [-0.25, -0.2) is 9.97 Å². The number of anilines is 1. The second-order valence-electron chi connectivity index (χ2n) is 5.63. The summed E-state index contributed by atoms with van der Waals surface area (Å²) in [5, 5.41) is 3.71. The lowest BCUT2D eigenvalue weighted by Gasteiger charge is -2.38. The Kier molecular flexibility index (Phi) is 4.07. The lowest BCUT2D eigenvalue weighted by atomic mass is 9.80. The number of nitrogens with one attached hydrogen (secondary N) is 1. The minimum absolute atomic E-state index is 0.311. The number of rotatable bonds is 3. The zero-order valence-corrected chi connectivity index (χ0v) is 12.1. The second-order valence-corrected chi connectivity index (χ2v) is 5.97. The van der Waals surface area contributed by atoms with Gasteiger partial charge < -0.3 is 10.2 Å². The van der Waals surface area contributed by atoms with Crippen LogP contribution in [0.4, 0.5) is 5.82 Å². The van der Waals surface area contributed by atoms with Gasteiger partial charge in [-0.2, -0.15) is 0 Å². The topological polar surface area (TPSA) is 41.0 Å². The van der Waals surface area contributed by atoms with Crippen molar-refractivity contribution in [1.29, 1.82) is 0 Å². The predicted molar refractivity (Wildman–Crippen MR) is 75.1 cm³/mol. The average Bonchev–Trinajstić information content (AvgIpc) is 2.30. The van der Waals surface area contributed by atoms with Crippen molar-refractivity contribution in [3.05, 3.63) is 17.0 Å². The molecule has 100 valence electrons. The van der Waals surface area contributed by atoms with Gasteiger partial charge in [0, 0.05) is 18.3 Å². The van der Waals surface area contributed by atoms with Gasteiger partial charge in [0.05, 0.1) is 0 Å². The molecule has 0 aromatic carbocycles. The molecule has 0 radical (unpaired) electrons. The van der Waals surface area contributed by atoms with Gasteiger partial charge in [0.15, 0.2) is 0 Å². The molecule has 1 aliphatic rings. The fourth-order valence-electron chi connectivity index (χ4n) is 2.26. The summed E-state index contributed by atoms with van der Waals surface area (Å²) in [4.78, 5) is 10.6.